The molecule has 0 aliphatic rings. The summed E-state index contributed by atoms with van der Waals surface area (Å²) < 4.78 is 1.72. The highest BCUT2D eigenvalue weighted by Crippen LogP contribution is 2.01. The van der Waals surface area contributed by atoms with Gasteiger partial charge in [-0.25, -0.2) is 0 Å². The fourth-order valence-corrected chi connectivity index (χ4v) is 1.64. The number of carboxylic acid groups (broad SMARTS) is 1. The van der Waals surface area contributed by atoms with Gasteiger partial charge in [-0.1, -0.05) is 5.21 Å². The molecule has 0 bridgehead atoms. The number of aliphatic carboxylic acids is 1. The van der Waals surface area contributed by atoms with Gasteiger partial charge < -0.3 is 10.8 Å². The minimum Gasteiger partial charge on any atom is -0.480 e. The molecule has 0 spiro atoms. The SMILES string of the molecule is CSCCCn1cc(CC(N)C(=O)O)nn1. The Hall–Kier alpha value is -1.08. The number of hydrogen-bond acceptors (Lipinski definition) is 5. The quantitative estimate of drug-likeness (QED) is 0.655. The molecule has 0 fully saturated rings. The Balaban J connectivity index is 2.42. The molecule has 1 aromatic heterocycles. The number of carbonyl (C=O) groups is 1. The molecule has 1 unspecified atom stereocenters. The lowest BCUT2D eigenvalue weighted by atomic mass is 10.2. The van der Waals surface area contributed by atoms with Crippen LogP contribution in [0.25, 0.3) is 0 Å². The molecule has 0 radical (unpaired) electrons. The number of aryl methyl sites for hydroxylation is 1. The third-order valence-corrected chi connectivity index (χ3v) is 2.76. The van der Waals surface area contributed by atoms with Gasteiger partial charge in [0.1, 0.15) is 6.04 Å². The van der Waals surface area contributed by atoms with E-state index in [2.05, 4.69) is 16.6 Å². The van der Waals surface area contributed by atoms with Gasteiger partial charge in [-0.05, 0) is 18.4 Å². The number of hydrogen-bond donors (Lipinski definition) is 2. The van der Waals surface area contributed by atoms with E-state index >= 15 is 0 Å². The Morgan fingerprint density at radius 2 is 2.50 bits per heavy atom. The van der Waals surface area contributed by atoms with Crippen LogP contribution in [0.5, 0.6) is 0 Å². The molecule has 1 atom stereocenters. The molecule has 0 amide bonds. The molecule has 0 aliphatic carbocycles. The monoisotopic (exact) mass is 244 g/mol. The van der Waals surface area contributed by atoms with Gasteiger partial charge in [-0.3, -0.25) is 9.48 Å². The number of aromatic nitrogens is 3. The van der Waals surface area contributed by atoms with E-state index in [9.17, 15) is 4.79 Å². The first-order chi connectivity index (χ1) is 7.63. The Morgan fingerprint density at radius 3 is 3.12 bits per heavy atom. The van der Waals surface area contributed by atoms with Crippen molar-refractivity contribution in [1.29, 1.82) is 0 Å². The predicted molar refractivity (Wildman–Crippen MR) is 62.3 cm³/mol. The zero-order valence-electron chi connectivity index (χ0n) is 9.17. The second-order valence-electron chi connectivity index (χ2n) is 3.47. The maximum atomic E-state index is 10.5. The lowest BCUT2D eigenvalue weighted by Gasteiger charge is -2.01. The van der Waals surface area contributed by atoms with E-state index in [1.54, 1.807) is 22.6 Å². The van der Waals surface area contributed by atoms with Crippen molar-refractivity contribution in [3.05, 3.63) is 11.9 Å². The topological polar surface area (TPSA) is 94.0 Å². The van der Waals surface area contributed by atoms with E-state index in [-0.39, 0.29) is 6.42 Å². The van der Waals surface area contributed by atoms with Crippen LogP contribution in [-0.4, -0.2) is 44.1 Å². The Morgan fingerprint density at radius 1 is 1.75 bits per heavy atom. The van der Waals surface area contributed by atoms with E-state index in [1.165, 1.54) is 0 Å². The third kappa shape index (κ3) is 4.19. The van der Waals surface area contributed by atoms with Gasteiger partial charge in [-0.15, -0.1) is 5.10 Å². The van der Waals surface area contributed by atoms with Crippen LogP contribution in [0.15, 0.2) is 6.20 Å². The number of carboxylic acids is 1. The van der Waals surface area contributed by atoms with Gasteiger partial charge in [0.2, 0.25) is 0 Å². The molecule has 1 aromatic rings. The van der Waals surface area contributed by atoms with Gasteiger partial charge in [0.15, 0.2) is 0 Å². The second kappa shape index (κ2) is 6.49. The average molecular weight is 244 g/mol. The van der Waals surface area contributed by atoms with Crippen LogP contribution in [0, 0.1) is 0 Å². The molecule has 90 valence electrons. The molecular weight excluding hydrogens is 228 g/mol. The van der Waals surface area contributed by atoms with E-state index in [1.807, 2.05) is 0 Å². The van der Waals surface area contributed by atoms with Crippen molar-refractivity contribution in [3.8, 4) is 0 Å². The van der Waals surface area contributed by atoms with Crippen molar-refractivity contribution in [1.82, 2.24) is 15.0 Å². The van der Waals surface area contributed by atoms with Gasteiger partial charge in [0, 0.05) is 19.2 Å². The second-order valence-corrected chi connectivity index (χ2v) is 4.45. The summed E-state index contributed by atoms with van der Waals surface area (Å²) in [5, 5.41) is 16.4. The highest BCUT2D eigenvalue weighted by atomic mass is 32.2. The van der Waals surface area contributed by atoms with E-state index in [0.717, 1.165) is 18.7 Å². The van der Waals surface area contributed by atoms with Crippen LogP contribution < -0.4 is 5.73 Å². The summed E-state index contributed by atoms with van der Waals surface area (Å²) in [6, 6.07) is -0.906. The summed E-state index contributed by atoms with van der Waals surface area (Å²) in [6.07, 6.45) is 5.05. The highest BCUT2D eigenvalue weighted by Gasteiger charge is 2.14. The lowest BCUT2D eigenvalue weighted by Crippen LogP contribution is -2.32. The van der Waals surface area contributed by atoms with Crippen molar-refractivity contribution in [3.63, 3.8) is 0 Å². The van der Waals surface area contributed by atoms with Gasteiger partial charge in [0.25, 0.3) is 0 Å². The van der Waals surface area contributed by atoms with Crippen molar-refractivity contribution < 1.29 is 9.90 Å². The Kier molecular flexibility index (Phi) is 5.27. The van der Waals surface area contributed by atoms with Crippen molar-refractivity contribution in [2.24, 2.45) is 5.73 Å². The van der Waals surface area contributed by atoms with Crippen LogP contribution in [0.2, 0.25) is 0 Å². The first-order valence-corrected chi connectivity index (χ1v) is 6.39. The zero-order valence-corrected chi connectivity index (χ0v) is 9.98. The fourth-order valence-electron chi connectivity index (χ4n) is 1.22. The Labute approximate surface area is 98.2 Å². The van der Waals surface area contributed by atoms with Gasteiger partial charge >= 0.3 is 5.97 Å². The molecule has 0 saturated carbocycles. The number of thioether (sulfide) groups is 1. The van der Waals surface area contributed by atoms with Crippen LogP contribution in [0.3, 0.4) is 0 Å². The molecule has 6 nitrogen and oxygen atoms in total. The molecule has 0 aromatic carbocycles. The molecular formula is C9H16N4O2S. The standard InChI is InChI=1S/C9H16N4O2S/c1-16-4-2-3-13-6-7(11-12-13)5-8(10)9(14)15/h6,8H,2-5,10H2,1H3,(H,14,15). The van der Waals surface area contributed by atoms with E-state index in [4.69, 9.17) is 10.8 Å². The summed E-state index contributed by atoms with van der Waals surface area (Å²) >= 11 is 1.78. The Bertz CT molecular complexity index is 342. The predicted octanol–water partition coefficient (Wildman–Crippen LogP) is -0.0144. The van der Waals surface area contributed by atoms with Crippen molar-refractivity contribution in [2.75, 3.05) is 12.0 Å². The summed E-state index contributed by atoms with van der Waals surface area (Å²) in [4.78, 5) is 10.5. The molecule has 1 heterocycles. The molecule has 16 heavy (non-hydrogen) atoms. The number of rotatable bonds is 7. The van der Waals surface area contributed by atoms with Crippen molar-refractivity contribution in [2.45, 2.75) is 25.4 Å². The highest BCUT2D eigenvalue weighted by molar-refractivity contribution is 7.98. The zero-order chi connectivity index (χ0) is 12.0. The maximum absolute atomic E-state index is 10.5. The van der Waals surface area contributed by atoms with Crippen LogP contribution in [-0.2, 0) is 17.8 Å². The van der Waals surface area contributed by atoms with Crippen LogP contribution in [0.1, 0.15) is 12.1 Å². The first-order valence-electron chi connectivity index (χ1n) is 5.00. The minimum atomic E-state index is -1.02. The van der Waals surface area contributed by atoms with E-state index in [0.29, 0.717) is 5.69 Å². The summed E-state index contributed by atoms with van der Waals surface area (Å²) in [5.74, 6) is 0.0565. The first kappa shape index (κ1) is 13.0. The minimum absolute atomic E-state index is 0.220. The van der Waals surface area contributed by atoms with E-state index < -0.39 is 12.0 Å². The van der Waals surface area contributed by atoms with Gasteiger partial charge in [0.05, 0.1) is 5.69 Å². The number of nitrogens with zero attached hydrogens (tertiary/aromatic N) is 3. The summed E-state index contributed by atoms with van der Waals surface area (Å²) in [7, 11) is 0. The van der Waals surface area contributed by atoms with Crippen LogP contribution in [0.4, 0.5) is 0 Å². The maximum Gasteiger partial charge on any atom is 0.320 e. The molecule has 0 saturated heterocycles. The summed E-state index contributed by atoms with van der Waals surface area (Å²) in [5.41, 5.74) is 6.02. The largest absolute Gasteiger partial charge is 0.480 e. The summed E-state index contributed by atoms with van der Waals surface area (Å²) in [6.45, 7) is 0.802. The molecule has 3 N–H and O–H groups in total. The lowest BCUT2D eigenvalue weighted by molar-refractivity contribution is -0.138. The molecule has 7 heteroatoms. The van der Waals surface area contributed by atoms with Gasteiger partial charge in [-0.2, -0.15) is 11.8 Å². The molecule has 1 rings (SSSR count). The smallest absolute Gasteiger partial charge is 0.320 e. The fraction of sp³-hybridized carbons (Fsp3) is 0.667. The van der Waals surface area contributed by atoms with Crippen molar-refractivity contribution >= 4 is 17.7 Å². The third-order valence-electron chi connectivity index (χ3n) is 2.07. The average Bonchev–Trinajstić information content (AvgIpc) is 2.66. The number of nitrogens with two attached hydrogens (primary N) is 1. The normalized spacial score (nSPS) is 12.6. The molecule has 0 aliphatic heterocycles. The van der Waals surface area contributed by atoms with Crippen LogP contribution >= 0.6 is 11.8 Å².